The molecule has 0 fully saturated rings. The molecule has 154 valence electrons. The molecule has 0 bridgehead atoms. The maximum atomic E-state index is 12.8. The van der Waals surface area contributed by atoms with Crippen LogP contribution in [0.25, 0.3) is 0 Å². The fourth-order valence-corrected chi connectivity index (χ4v) is 3.24. The van der Waals surface area contributed by atoms with Crippen LogP contribution in [0.2, 0.25) is 0 Å². The number of rotatable bonds is 6. The zero-order chi connectivity index (χ0) is 21.1. The van der Waals surface area contributed by atoms with Gasteiger partial charge in [0.2, 0.25) is 5.76 Å². The summed E-state index contributed by atoms with van der Waals surface area (Å²) in [6, 6.07) is 12.2. The van der Waals surface area contributed by atoms with Crippen LogP contribution in [0, 0.1) is 6.92 Å². The van der Waals surface area contributed by atoms with Crippen LogP contribution in [0.3, 0.4) is 0 Å². The molecule has 1 aromatic carbocycles. The van der Waals surface area contributed by atoms with Gasteiger partial charge in [0.1, 0.15) is 17.6 Å². The molecule has 1 amide bonds. The molecule has 0 spiro atoms. The van der Waals surface area contributed by atoms with Crippen LogP contribution in [0.1, 0.15) is 39.9 Å². The highest BCUT2D eigenvalue weighted by Gasteiger charge is 2.35. The molecule has 1 atom stereocenters. The van der Waals surface area contributed by atoms with E-state index in [-0.39, 0.29) is 5.76 Å². The lowest BCUT2D eigenvalue weighted by molar-refractivity contribution is -0.136. The van der Waals surface area contributed by atoms with Crippen molar-refractivity contribution in [3.63, 3.8) is 0 Å². The second-order valence-corrected chi connectivity index (χ2v) is 6.76. The van der Waals surface area contributed by atoms with E-state index in [1.807, 2.05) is 24.3 Å². The van der Waals surface area contributed by atoms with Crippen molar-refractivity contribution in [2.45, 2.75) is 19.4 Å². The van der Waals surface area contributed by atoms with E-state index in [0.717, 1.165) is 17.0 Å². The van der Waals surface area contributed by atoms with Crippen LogP contribution >= 0.6 is 0 Å². The summed E-state index contributed by atoms with van der Waals surface area (Å²) in [6.07, 6.45) is 3.41. The van der Waals surface area contributed by atoms with Gasteiger partial charge in [-0.05, 0) is 55.0 Å². The summed E-state index contributed by atoms with van der Waals surface area (Å²) in [6.45, 7) is 1.26. The van der Waals surface area contributed by atoms with E-state index in [9.17, 15) is 9.59 Å². The number of methoxy groups -OCH3 is 1. The topological polar surface area (TPSA) is 94.5 Å². The maximum absolute atomic E-state index is 12.8. The number of carbonyl (C=O) groups is 2. The molecule has 0 saturated heterocycles. The van der Waals surface area contributed by atoms with E-state index >= 15 is 0 Å². The second kappa shape index (κ2) is 8.28. The number of carbonyl (C=O) groups excluding carboxylic acids is 2. The van der Waals surface area contributed by atoms with Crippen molar-refractivity contribution in [1.82, 2.24) is 5.01 Å². The molecule has 2 aromatic heterocycles. The first-order valence-corrected chi connectivity index (χ1v) is 9.35. The molecule has 1 unspecified atom stereocenters. The molecule has 3 aromatic rings. The Morgan fingerprint density at radius 1 is 1.13 bits per heavy atom. The Morgan fingerprint density at radius 2 is 1.93 bits per heavy atom. The molecule has 4 rings (SSSR count). The number of benzene rings is 1. The minimum atomic E-state index is -0.695. The van der Waals surface area contributed by atoms with E-state index in [1.54, 1.807) is 38.5 Å². The minimum Gasteiger partial charge on any atom is -0.497 e. The number of furan rings is 2. The zero-order valence-corrected chi connectivity index (χ0v) is 16.5. The van der Waals surface area contributed by atoms with Gasteiger partial charge in [0.25, 0.3) is 5.91 Å². The Bertz CT molecular complexity index is 1070. The summed E-state index contributed by atoms with van der Waals surface area (Å²) in [5, 5.41) is 5.80. The Hall–Kier alpha value is -3.81. The highest BCUT2D eigenvalue weighted by atomic mass is 16.5. The third-order valence-electron chi connectivity index (χ3n) is 4.83. The summed E-state index contributed by atoms with van der Waals surface area (Å²) in [7, 11) is 1.60. The van der Waals surface area contributed by atoms with E-state index in [0.29, 0.717) is 17.7 Å². The molecule has 8 heteroatoms. The molecule has 30 heavy (non-hydrogen) atoms. The van der Waals surface area contributed by atoms with Crippen LogP contribution < -0.4 is 4.74 Å². The Labute approximate surface area is 172 Å². The maximum Gasteiger partial charge on any atom is 0.375 e. The molecular weight excluding hydrogens is 388 g/mol. The number of ether oxygens (including phenoxy) is 2. The molecule has 8 nitrogen and oxygen atoms in total. The average molecular weight is 408 g/mol. The Balaban J connectivity index is 1.52. The van der Waals surface area contributed by atoms with Gasteiger partial charge in [0.05, 0.1) is 25.3 Å². The normalized spacial score (nSPS) is 15.7. The first-order chi connectivity index (χ1) is 14.6. The third kappa shape index (κ3) is 3.84. The van der Waals surface area contributed by atoms with Gasteiger partial charge in [-0.3, -0.25) is 4.79 Å². The number of amides is 1. The van der Waals surface area contributed by atoms with E-state index in [2.05, 4.69) is 5.10 Å². The summed E-state index contributed by atoms with van der Waals surface area (Å²) in [5.41, 5.74) is 2.23. The summed E-state index contributed by atoms with van der Waals surface area (Å²) in [5.74, 6) is 0.252. The number of aryl methyl sites for hydroxylation is 1. The quantitative estimate of drug-likeness (QED) is 0.577. The van der Waals surface area contributed by atoms with Crippen molar-refractivity contribution in [2.75, 3.05) is 13.7 Å². The smallest absolute Gasteiger partial charge is 0.375 e. The van der Waals surface area contributed by atoms with Crippen molar-refractivity contribution in [1.29, 1.82) is 0 Å². The molecule has 3 heterocycles. The molecular formula is C22H20N2O6. The molecule has 0 saturated carbocycles. The lowest BCUT2D eigenvalue weighted by Crippen LogP contribution is -2.31. The van der Waals surface area contributed by atoms with Gasteiger partial charge in [0, 0.05) is 12.0 Å². The summed E-state index contributed by atoms with van der Waals surface area (Å²) < 4.78 is 20.9. The Kier molecular flexibility index (Phi) is 5.38. The standard InChI is InChI=1S/C22H20N2O6/c1-14-9-11-29-21(14)22(26)30-13-20(25)24-18(19-4-3-10-28-19)12-17(23-24)15-5-7-16(27-2)8-6-15/h3-11,18H,12-13H2,1-2H3. The van der Waals surface area contributed by atoms with Crippen molar-refractivity contribution >= 4 is 17.6 Å². The van der Waals surface area contributed by atoms with Crippen molar-refractivity contribution in [3.05, 3.63) is 77.6 Å². The lowest BCUT2D eigenvalue weighted by atomic mass is 10.0. The lowest BCUT2D eigenvalue weighted by Gasteiger charge is -2.19. The zero-order valence-electron chi connectivity index (χ0n) is 16.5. The van der Waals surface area contributed by atoms with E-state index in [4.69, 9.17) is 18.3 Å². The fraction of sp³-hybridized carbons (Fsp3) is 0.227. The number of hydrogen-bond donors (Lipinski definition) is 0. The van der Waals surface area contributed by atoms with Crippen molar-refractivity contribution < 1.29 is 27.9 Å². The van der Waals surface area contributed by atoms with Gasteiger partial charge in [-0.2, -0.15) is 5.10 Å². The van der Waals surface area contributed by atoms with E-state index < -0.39 is 24.5 Å². The minimum absolute atomic E-state index is 0.0780. The first kappa shape index (κ1) is 19.5. The van der Waals surface area contributed by atoms with Gasteiger partial charge < -0.3 is 18.3 Å². The fourth-order valence-electron chi connectivity index (χ4n) is 3.24. The predicted octanol–water partition coefficient (Wildman–Crippen LogP) is 3.72. The molecule has 0 aliphatic carbocycles. The third-order valence-corrected chi connectivity index (χ3v) is 4.83. The largest absolute Gasteiger partial charge is 0.497 e. The van der Waals surface area contributed by atoms with Crippen LogP contribution in [0.5, 0.6) is 5.75 Å². The van der Waals surface area contributed by atoms with Crippen molar-refractivity contribution in [2.24, 2.45) is 5.10 Å². The first-order valence-electron chi connectivity index (χ1n) is 9.35. The summed E-state index contributed by atoms with van der Waals surface area (Å²) >= 11 is 0. The monoisotopic (exact) mass is 408 g/mol. The van der Waals surface area contributed by atoms with Gasteiger partial charge >= 0.3 is 5.97 Å². The number of esters is 1. The second-order valence-electron chi connectivity index (χ2n) is 6.76. The highest BCUT2D eigenvalue weighted by molar-refractivity contribution is 6.03. The van der Waals surface area contributed by atoms with Crippen LogP contribution in [0.4, 0.5) is 0 Å². The van der Waals surface area contributed by atoms with Gasteiger partial charge in [-0.1, -0.05) is 0 Å². The molecule has 1 aliphatic heterocycles. The van der Waals surface area contributed by atoms with Crippen LogP contribution in [-0.2, 0) is 9.53 Å². The molecule has 1 aliphatic rings. The van der Waals surface area contributed by atoms with Crippen LogP contribution in [0.15, 0.2) is 68.9 Å². The number of hydrazone groups is 1. The van der Waals surface area contributed by atoms with Crippen LogP contribution in [-0.4, -0.2) is 36.3 Å². The number of nitrogens with zero attached hydrogens (tertiary/aromatic N) is 2. The summed E-state index contributed by atoms with van der Waals surface area (Å²) in [4.78, 5) is 25.0. The molecule has 0 radical (unpaired) electrons. The Morgan fingerprint density at radius 3 is 2.57 bits per heavy atom. The highest BCUT2D eigenvalue weighted by Crippen LogP contribution is 2.33. The number of hydrogen-bond acceptors (Lipinski definition) is 7. The van der Waals surface area contributed by atoms with Crippen molar-refractivity contribution in [3.8, 4) is 5.75 Å². The van der Waals surface area contributed by atoms with Gasteiger partial charge in [-0.25, -0.2) is 9.80 Å². The van der Waals surface area contributed by atoms with Gasteiger partial charge in [-0.15, -0.1) is 0 Å². The SMILES string of the molecule is COc1ccc(C2=NN(C(=O)COC(=O)c3occc3C)C(c3ccco3)C2)cc1. The van der Waals surface area contributed by atoms with E-state index in [1.165, 1.54) is 11.3 Å². The van der Waals surface area contributed by atoms with Gasteiger partial charge in [0.15, 0.2) is 6.61 Å². The predicted molar refractivity (Wildman–Crippen MR) is 106 cm³/mol. The average Bonchev–Trinajstić information content (AvgIpc) is 3.51. The molecule has 0 N–H and O–H groups in total.